The first-order valence-electron chi connectivity index (χ1n) is 1.79. The maximum Gasteiger partial charge on any atom is 1.00 e. The lowest BCUT2D eigenvalue weighted by Gasteiger charge is -2.14. The zero-order valence-electron chi connectivity index (χ0n) is 5.86. The predicted molar refractivity (Wildman–Crippen MR) is 32.3 cm³/mol. The van der Waals surface area contributed by atoms with Crippen LogP contribution >= 0.6 is 12.4 Å². The molecule has 0 atom stereocenters. The smallest absolute Gasteiger partial charge is 0.333 e. The van der Waals surface area contributed by atoms with E-state index < -0.39 is 0 Å². The highest BCUT2D eigenvalue weighted by Crippen LogP contribution is 1.73. The van der Waals surface area contributed by atoms with Crippen LogP contribution in [0.25, 0.3) is 0 Å². The molecule has 0 bridgehead atoms. The highest BCUT2D eigenvalue weighted by Gasteiger charge is 1.88. The zero-order chi connectivity index (χ0) is 4.50. The molecule has 0 saturated heterocycles. The first-order valence-corrected chi connectivity index (χ1v) is 1.79. The third kappa shape index (κ3) is 718. The first kappa shape index (κ1) is 9.54. The normalized spacial score (nSPS) is 10.0. The van der Waals surface area contributed by atoms with Crippen LogP contribution in [-0.2, 0) is 0 Å². The van der Waals surface area contributed by atoms with Crippen molar-refractivity contribution in [3.63, 3.8) is 0 Å². The third-order valence-corrected chi connectivity index (χ3v) is 0. The summed E-state index contributed by atoms with van der Waals surface area (Å²) in [7, 11) is 8.50. The highest BCUT2D eigenvalue weighted by atomic mass is 35.5. The molecule has 0 aromatic carbocycles. The van der Waals surface area contributed by atoms with Crippen LogP contribution in [0.3, 0.4) is 0 Å². The molecule has 0 aromatic heterocycles. The summed E-state index contributed by atoms with van der Waals surface area (Å²) < 4.78 is 1.00. The zero-order valence-corrected chi connectivity index (χ0v) is 5.67. The SMILES string of the molecule is C[N+](C)(C)C.Cl.[H+]. The molecule has 0 radical (unpaired) electrons. The molecule has 0 aliphatic carbocycles. The van der Waals surface area contributed by atoms with Crippen molar-refractivity contribution in [2.24, 2.45) is 0 Å². The standard InChI is InChI=1S/C4H12N.ClH/c1-5(2,3)4;/h1-4H3;1H/q+1;/p+1. The van der Waals surface area contributed by atoms with Crippen molar-refractivity contribution in [3.05, 3.63) is 0 Å². The average molecular weight is 112 g/mol. The number of halogens is 1. The Morgan fingerprint density at radius 2 is 1.00 bits per heavy atom. The molecule has 40 valence electrons. The van der Waals surface area contributed by atoms with Gasteiger partial charge in [0.15, 0.2) is 0 Å². The van der Waals surface area contributed by atoms with Crippen molar-refractivity contribution in [2.75, 3.05) is 28.2 Å². The van der Waals surface area contributed by atoms with Gasteiger partial charge in [0.2, 0.25) is 0 Å². The summed E-state index contributed by atoms with van der Waals surface area (Å²) in [6.07, 6.45) is 0. The van der Waals surface area contributed by atoms with Crippen LogP contribution in [0.4, 0.5) is 0 Å². The van der Waals surface area contributed by atoms with Gasteiger partial charge < -0.3 is 4.48 Å². The van der Waals surface area contributed by atoms with E-state index in [2.05, 4.69) is 28.2 Å². The van der Waals surface area contributed by atoms with Crippen LogP contribution in [0.1, 0.15) is 1.43 Å². The van der Waals surface area contributed by atoms with Gasteiger partial charge in [-0.3, -0.25) is 0 Å². The van der Waals surface area contributed by atoms with Crippen molar-refractivity contribution >= 4 is 12.4 Å². The Hall–Kier alpha value is 0.250. The Kier molecular flexibility index (Phi) is 3.86. The second-order valence-corrected chi connectivity index (χ2v) is 2.68. The van der Waals surface area contributed by atoms with Gasteiger partial charge in [0.05, 0.1) is 28.2 Å². The Morgan fingerprint density at radius 1 is 1.00 bits per heavy atom. The second-order valence-electron chi connectivity index (χ2n) is 2.68. The number of hydrogen-bond donors (Lipinski definition) is 0. The van der Waals surface area contributed by atoms with Gasteiger partial charge in [-0.15, -0.1) is 12.4 Å². The minimum absolute atomic E-state index is 0. The largest absolute Gasteiger partial charge is 1.00 e. The number of rotatable bonds is 0. The molecule has 1 nitrogen and oxygen atoms in total. The molecule has 0 unspecified atom stereocenters. The summed E-state index contributed by atoms with van der Waals surface area (Å²) in [6.45, 7) is 0. The fraction of sp³-hybridized carbons (Fsp3) is 1.00. The van der Waals surface area contributed by atoms with E-state index in [1.165, 1.54) is 0 Å². The molecular formula is C4H14ClN+2. The Morgan fingerprint density at radius 3 is 1.00 bits per heavy atom. The van der Waals surface area contributed by atoms with Crippen LogP contribution in [0.15, 0.2) is 0 Å². The molecule has 0 rings (SSSR count). The fourth-order valence-corrected chi connectivity index (χ4v) is 0. The van der Waals surface area contributed by atoms with Crippen molar-refractivity contribution < 1.29 is 5.91 Å². The van der Waals surface area contributed by atoms with Crippen molar-refractivity contribution in [3.8, 4) is 0 Å². The van der Waals surface area contributed by atoms with E-state index in [0.29, 0.717) is 0 Å². The number of quaternary nitrogens is 1. The van der Waals surface area contributed by atoms with Gasteiger partial charge in [0.25, 0.3) is 0 Å². The van der Waals surface area contributed by atoms with Gasteiger partial charge in [0, 0.05) is 0 Å². The van der Waals surface area contributed by atoms with Crippen LogP contribution in [0.2, 0.25) is 0 Å². The van der Waals surface area contributed by atoms with E-state index in [0.717, 1.165) is 4.48 Å². The van der Waals surface area contributed by atoms with E-state index in [1.807, 2.05) is 0 Å². The summed E-state index contributed by atoms with van der Waals surface area (Å²) >= 11 is 0. The van der Waals surface area contributed by atoms with Gasteiger partial charge in [0.1, 0.15) is 0 Å². The predicted octanol–water partition coefficient (Wildman–Crippen LogP) is 0.857. The lowest BCUT2D eigenvalue weighted by molar-refractivity contribution is -0.849. The Labute approximate surface area is 47.4 Å². The summed E-state index contributed by atoms with van der Waals surface area (Å²) in [6, 6.07) is 0. The molecule has 0 spiro atoms. The maximum absolute atomic E-state index is 2.12. The van der Waals surface area contributed by atoms with Gasteiger partial charge in [-0.1, -0.05) is 0 Å². The van der Waals surface area contributed by atoms with E-state index in [4.69, 9.17) is 0 Å². The molecular weight excluding hydrogens is 97.5 g/mol. The molecule has 0 fully saturated rings. The lowest BCUT2D eigenvalue weighted by Crippen LogP contribution is -2.27. The molecule has 0 amide bonds. The van der Waals surface area contributed by atoms with Gasteiger partial charge in [-0.2, -0.15) is 0 Å². The summed E-state index contributed by atoms with van der Waals surface area (Å²) in [5.74, 6) is 0. The lowest BCUT2D eigenvalue weighted by atomic mass is 10.8. The van der Waals surface area contributed by atoms with Crippen molar-refractivity contribution in [1.29, 1.82) is 0 Å². The molecule has 2 heteroatoms. The highest BCUT2D eigenvalue weighted by molar-refractivity contribution is 5.85. The molecule has 0 aromatic rings. The number of nitrogens with zero attached hydrogens (tertiary/aromatic N) is 1. The molecule has 0 N–H and O–H groups in total. The van der Waals surface area contributed by atoms with Crippen LogP contribution < -0.4 is 0 Å². The summed E-state index contributed by atoms with van der Waals surface area (Å²) in [5, 5.41) is 0. The Bertz CT molecular complexity index is 27.2. The van der Waals surface area contributed by atoms with E-state index in [1.54, 1.807) is 0 Å². The third-order valence-electron chi connectivity index (χ3n) is 0. The Balaban J connectivity index is -0.0000000800. The molecule has 0 heterocycles. The van der Waals surface area contributed by atoms with Gasteiger partial charge >= 0.3 is 1.43 Å². The molecule has 6 heavy (non-hydrogen) atoms. The van der Waals surface area contributed by atoms with E-state index in [9.17, 15) is 0 Å². The van der Waals surface area contributed by atoms with E-state index >= 15 is 0 Å². The number of hydrogen-bond acceptors (Lipinski definition) is 0. The molecule has 0 aliphatic rings. The summed E-state index contributed by atoms with van der Waals surface area (Å²) in [4.78, 5) is 0. The minimum atomic E-state index is 0. The van der Waals surface area contributed by atoms with Crippen LogP contribution in [-0.4, -0.2) is 32.7 Å². The maximum atomic E-state index is 2.12. The minimum Gasteiger partial charge on any atom is -0.333 e. The van der Waals surface area contributed by atoms with Gasteiger partial charge in [-0.05, 0) is 0 Å². The monoisotopic (exact) mass is 111 g/mol. The summed E-state index contributed by atoms with van der Waals surface area (Å²) in [5.41, 5.74) is 0. The van der Waals surface area contributed by atoms with E-state index in [-0.39, 0.29) is 13.8 Å². The molecule has 0 aliphatic heterocycles. The first-order chi connectivity index (χ1) is 2.00. The van der Waals surface area contributed by atoms with Crippen molar-refractivity contribution in [1.82, 2.24) is 0 Å². The quantitative estimate of drug-likeness (QED) is 0.407. The molecule has 0 saturated carbocycles. The fourth-order valence-electron chi connectivity index (χ4n) is 0. The topological polar surface area (TPSA) is 0 Å². The van der Waals surface area contributed by atoms with Crippen molar-refractivity contribution in [2.45, 2.75) is 0 Å². The average Bonchev–Trinajstić information content (AvgIpc) is 0.722. The van der Waals surface area contributed by atoms with Crippen LogP contribution in [0.5, 0.6) is 0 Å². The van der Waals surface area contributed by atoms with Gasteiger partial charge in [-0.25, -0.2) is 0 Å². The second kappa shape index (κ2) is 2.43. The van der Waals surface area contributed by atoms with Crippen LogP contribution in [0, 0.1) is 0 Å².